The van der Waals surface area contributed by atoms with Gasteiger partial charge in [0.15, 0.2) is 0 Å². The van der Waals surface area contributed by atoms with Crippen molar-refractivity contribution in [2.45, 2.75) is 35.9 Å². The molecule has 1 aliphatic rings. The Kier molecular flexibility index (Phi) is 4.18. The Balaban J connectivity index is 4.04. The number of halogens is 14. The third kappa shape index (κ3) is 2.52. The summed E-state index contributed by atoms with van der Waals surface area (Å²) in [6.45, 7) is 0. The molecule has 0 unspecified atom stereocenters. The molecule has 0 atom stereocenters. The van der Waals surface area contributed by atoms with Crippen molar-refractivity contribution in [3.05, 3.63) is 0 Å². The highest BCUT2D eigenvalue weighted by Gasteiger charge is 3.06. The first-order valence-electron chi connectivity index (χ1n) is 4.63. The van der Waals surface area contributed by atoms with Crippen LogP contribution in [0, 0.1) is 0 Å². The van der Waals surface area contributed by atoms with E-state index in [1.807, 2.05) is 9.05 Å². The van der Waals surface area contributed by atoms with Gasteiger partial charge in [0.2, 0.25) is 0 Å². The molecule has 2 nitrogen and oxygen atoms in total. The van der Waals surface area contributed by atoms with E-state index in [4.69, 9.17) is 0 Å². The molecular weight excluding hydrogens is 401 g/mol. The molecule has 0 aromatic heterocycles. The largest absolute Gasteiger partial charge is 0.671 e. The predicted molar refractivity (Wildman–Crippen MR) is 41.0 cm³/mol. The fraction of sp³-hybridized carbons (Fsp3) is 1.00. The monoisotopic (exact) mass is 401 g/mol. The molecule has 1 rings (SSSR count). The minimum absolute atomic E-state index is 2.00. The fourth-order valence-corrected chi connectivity index (χ4v) is 3.14. The summed E-state index contributed by atoms with van der Waals surface area (Å²) in [5, 5.41) is 0. The third-order valence-electron chi connectivity index (χ3n) is 2.58. The lowest BCUT2D eigenvalue weighted by molar-refractivity contribution is -0.464. The number of alkyl halides is 12. The van der Waals surface area contributed by atoms with Crippen molar-refractivity contribution in [2.24, 2.45) is 0 Å². The Morgan fingerprint density at radius 3 is 0.783 bits per heavy atom. The second-order valence-electron chi connectivity index (χ2n) is 3.95. The molecule has 1 heterocycles. The first kappa shape index (κ1) is 20.4. The van der Waals surface area contributed by atoms with Crippen molar-refractivity contribution in [1.29, 1.82) is 0 Å². The van der Waals surface area contributed by atoms with Gasteiger partial charge in [0.05, 0.1) is 8.39 Å². The van der Waals surface area contributed by atoms with Crippen LogP contribution < -0.4 is 0 Å². The van der Waals surface area contributed by atoms with Gasteiger partial charge in [-0.05, 0) is 0 Å². The highest BCUT2D eigenvalue weighted by Crippen LogP contribution is 2.83. The quantitative estimate of drug-likeness (QED) is 0.401. The minimum Gasteiger partial charge on any atom is -0.167 e. The molecule has 0 spiro atoms. The number of rotatable bonds is 0. The van der Waals surface area contributed by atoms with Crippen molar-refractivity contribution in [2.75, 3.05) is 0 Å². The normalized spacial score (nSPS) is 24.8. The van der Waals surface area contributed by atoms with Gasteiger partial charge in [0.1, 0.15) is 0 Å². The van der Waals surface area contributed by atoms with Crippen LogP contribution in [0.3, 0.4) is 0 Å². The van der Waals surface area contributed by atoms with Gasteiger partial charge < -0.3 is 0 Å². The zero-order chi connectivity index (χ0) is 18.9. The van der Waals surface area contributed by atoms with Gasteiger partial charge in [0.25, 0.3) is 0 Å². The van der Waals surface area contributed by atoms with E-state index in [9.17, 15) is 61.1 Å². The summed E-state index contributed by atoms with van der Waals surface area (Å²) in [5.74, 6) is 0. The van der Waals surface area contributed by atoms with Crippen LogP contribution in [0.4, 0.5) is 61.1 Å². The first-order valence-corrected chi connectivity index (χ1v) is 6.04. The molecule has 0 aromatic carbocycles. The first-order chi connectivity index (χ1) is 9.66. The van der Waals surface area contributed by atoms with Crippen LogP contribution >= 0.6 is 8.34 Å². The zero-order valence-electron chi connectivity index (χ0n) is 9.56. The van der Waals surface area contributed by atoms with Crippen molar-refractivity contribution in [3.63, 3.8) is 0 Å². The maximum absolute atomic E-state index is 12.7. The Hall–Kier alpha value is -0.630. The van der Waals surface area contributed by atoms with E-state index < -0.39 is 44.2 Å². The van der Waals surface area contributed by atoms with Crippen LogP contribution in [0.15, 0.2) is 0 Å². The molecule has 0 radical (unpaired) electrons. The van der Waals surface area contributed by atoms with E-state index in [-0.39, 0.29) is 0 Å². The van der Waals surface area contributed by atoms with Crippen LogP contribution in [0.5, 0.6) is 0 Å². The number of hydrogen-bond acceptors (Lipinski definition) is 2. The van der Waals surface area contributed by atoms with Gasteiger partial charge >= 0.3 is 44.2 Å². The molecule has 0 bridgehead atoms. The van der Waals surface area contributed by atoms with Crippen LogP contribution in [0.1, 0.15) is 0 Å². The number of hydrogen-bond donors (Lipinski definition) is 0. The molecule has 138 valence electrons. The Labute approximate surface area is 116 Å². The zero-order valence-corrected chi connectivity index (χ0v) is 10.4. The van der Waals surface area contributed by atoms with E-state index in [2.05, 4.69) is 0 Å². The second-order valence-corrected chi connectivity index (χ2v) is 5.14. The maximum Gasteiger partial charge on any atom is 0.671 e. The molecule has 1 aliphatic heterocycles. The fourth-order valence-electron chi connectivity index (χ4n) is 1.79. The Morgan fingerprint density at radius 1 is 0.478 bits per heavy atom. The molecular formula is C6F14O2P+. The standard InChI is InChI=1S/C6F14O2P/c7-3(8,9)1(4(10,11)12)2(5(13,14)15,6(16,17)18)22-23(19,20)21-1/q+1. The van der Waals surface area contributed by atoms with Gasteiger partial charge in [-0.15, -0.1) is 9.05 Å². The summed E-state index contributed by atoms with van der Waals surface area (Å²) in [6, 6.07) is 0. The van der Waals surface area contributed by atoms with Gasteiger partial charge in [-0.2, -0.15) is 52.7 Å². The van der Waals surface area contributed by atoms with Crippen LogP contribution in [0.2, 0.25) is 0 Å². The summed E-state index contributed by atoms with van der Waals surface area (Å²) in [4.78, 5) is 0. The molecule has 17 heteroatoms. The molecule has 0 amide bonds. The van der Waals surface area contributed by atoms with E-state index >= 15 is 0 Å². The summed E-state index contributed by atoms with van der Waals surface area (Å²) in [5.41, 5.74) is -14.8. The van der Waals surface area contributed by atoms with E-state index in [0.717, 1.165) is 0 Å². The summed E-state index contributed by atoms with van der Waals surface area (Å²) < 4.78 is 180. The van der Waals surface area contributed by atoms with Crippen LogP contribution in [-0.2, 0) is 9.05 Å². The highest BCUT2D eigenvalue weighted by atomic mass is 31.3. The average Bonchev–Trinajstić information content (AvgIpc) is 2.44. The SMILES string of the molecule is FC(F)(F)C1(C(F)(F)F)O[P+](F)(F)OC1(C(F)(F)F)C(F)(F)F. The van der Waals surface area contributed by atoms with Crippen molar-refractivity contribution < 1.29 is 70.1 Å². The molecule has 0 N–H and O–H groups in total. The van der Waals surface area contributed by atoms with Gasteiger partial charge in [-0.1, -0.05) is 0 Å². The molecule has 23 heavy (non-hydrogen) atoms. The lowest BCUT2D eigenvalue weighted by Crippen LogP contribution is -2.79. The predicted octanol–water partition coefficient (Wildman–Crippen LogP) is 5.38. The Bertz CT molecular complexity index is 398. The van der Waals surface area contributed by atoms with Gasteiger partial charge in [-0.3, -0.25) is 0 Å². The average molecular weight is 401 g/mol. The second kappa shape index (κ2) is 4.71. The lowest BCUT2D eigenvalue weighted by atomic mass is 9.79. The molecule has 0 saturated carbocycles. The topological polar surface area (TPSA) is 18.5 Å². The summed E-state index contributed by atoms with van der Waals surface area (Å²) in [7, 11) is -7.80. The molecule has 0 aromatic rings. The molecule has 0 aliphatic carbocycles. The van der Waals surface area contributed by atoms with E-state index in [0.29, 0.717) is 0 Å². The van der Waals surface area contributed by atoms with Gasteiger partial charge in [0, 0.05) is 0 Å². The molecule has 1 fully saturated rings. The van der Waals surface area contributed by atoms with Crippen molar-refractivity contribution in [1.82, 2.24) is 0 Å². The lowest BCUT2D eigenvalue weighted by Gasteiger charge is -2.41. The summed E-state index contributed by atoms with van der Waals surface area (Å²) in [6.07, 6.45) is -30.4. The minimum atomic E-state index is -7.80. The van der Waals surface area contributed by atoms with Crippen LogP contribution in [-0.4, -0.2) is 35.9 Å². The maximum atomic E-state index is 12.7. The third-order valence-corrected chi connectivity index (χ3v) is 3.55. The van der Waals surface area contributed by atoms with Gasteiger partial charge in [-0.25, -0.2) is 0 Å². The van der Waals surface area contributed by atoms with E-state index in [1.54, 1.807) is 0 Å². The molecule has 1 saturated heterocycles. The summed E-state index contributed by atoms with van der Waals surface area (Å²) >= 11 is 0. The van der Waals surface area contributed by atoms with Crippen LogP contribution in [0.25, 0.3) is 0 Å². The highest BCUT2D eigenvalue weighted by molar-refractivity contribution is 7.56. The Morgan fingerprint density at radius 2 is 0.652 bits per heavy atom. The van der Waals surface area contributed by atoms with E-state index in [1.165, 1.54) is 0 Å². The van der Waals surface area contributed by atoms with Crippen molar-refractivity contribution >= 4 is 8.34 Å². The smallest absolute Gasteiger partial charge is 0.167 e. The van der Waals surface area contributed by atoms with Crippen molar-refractivity contribution in [3.8, 4) is 0 Å².